The van der Waals surface area contributed by atoms with Gasteiger partial charge in [0.15, 0.2) is 0 Å². The molecule has 0 saturated heterocycles. The van der Waals surface area contributed by atoms with Crippen LogP contribution in [0.3, 0.4) is 0 Å². The molecule has 0 bridgehead atoms. The minimum Gasteiger partial charge on any atom is -0.264 e. The number of rotatable bonds is 3. The molecule has 2 rings (SSSR count). The topological polar surface area (TPSA) is 12.9 Å². The lowest BCUT2D eigenvalue weighted by molar-refractivity contribution is 0.939. The molecule has 1 heterocycles. The Bertz CT molecular complexity index is 399. The zero-order chi connectivity index (χ0) is 10.5. The van der Waals surface area contributed by atoms with Gasteiger partial charge in [0.05, 0.1) is 0 Å². The molecule has 0 fully saturated rings. The Morgan fingerprint density at radius 3 is 2.53 bits per heavy atom. The molecule has 0 spiro atoms. The lowest BCUT2D eigenvalue weighted by Gasteiger charge is -2.09. The molecule has 2 heteroatoms. The van der Waals surface area contributed by atoms with E-state index in [1.807, 2.05) is 18.3 Å². The molecular weight excluding hydrogens is 250 g/mol. The molecule has 1 aromatic heterocycles. The maximum atomic E-state index is 4.12. The van der Waals surface area contributed by atoms with Gasteiger partial charge in [0.1, 0.15) is 0 Å². The van der Waals surface area contributed by atoms with E-state index in [-0.39, 0.29) is 0 Å². The van der Waals surface area contributed by atoms with Gasteiger partial charge in [-0.05, 0) is 23.6 Å². The molecule has 76 valence electrons. The summed E-state index contributed by atoms with van der Waals surface area (Å²) in [6, 6.07) is 14.5. The van der Waals surface area contributed by atoms with E-state index in [1.165, 1.54) is 11.1 Å². The fraction of sp³-hybridized carbons (Fsp3) is 0.154. The maximum Gasteiger partial charge on any atom is 0.0450 e. The van der Waals surface area contributed by atoms with Crippen LogP contribution in [0.2, 0.25) is 0 Å². The average molecular weight is 262 g/mol. The quantitative estimate of drug-likeness (QED) is 0.767. The van der Waals surface area contributed by atoms with E-state index < -0.39 is 0 Å². The van der Waals surface area contributed by atoms with Crippen LogP contribution in [-0.2, 0) is 6.42 Å². The third kappa shape index (κ3) is 2.90. The van der Waals surface area contributed by atoms with Gasteiger partial charge in [0.25, 0.3) is 0 Å². The van der Waals surface area contributed by atoms with Gasteiger partial charge in [0, 0.05) is 17.2 Å². The minimum atomic E-state index is 0.341. The average Bonchev–Trinajstić information content (AvgIpc) is 2.31. The van der Waals surface area contributed by atoms with Crippen molar-refractivity contribution in [2.45, 2.75) is 11.2 Å². The van der Waals surface area contributed by atoms with Gasteiger partial charge in [-0.1, -0.05) is 52.3 Å². The van der Waals surface area contributed by atoms with Crippen LogP contribution in [0.1, 0.15) is 16.0 Å². The van der Waals surface area contributed by atoms with Crippen LogP contribution >= 0.6 is 15.9 Å². The number of alkyl halides is 1. The Labute approximate surface area is 98.3 Å². The normalized spacial score (nSPS) is 12.3. The van der Waals surface area contributed by atoms with Gasteiger partial charge in [-0.15, -0.1) is 0 Å². The van der Waals surface area contributed by atoms with Crippen molar-refractivity contribution in [3.63, 3.8) is 0 Å². The fourth-order valence-corrected chi connectivity index (χ4v) is 2.14. The van der Waals surface area contributed by atoms with Crippen LogP contribution < -0.4 is 0 Å². The van der Waals surface area contributed by atoms with Gasteiger partial charge in [-0.3, -0.25) is 4.98 Å². The van der Waals surface area contributed by atoms with E-state index in [9.17, 15) is 0 Å². The van der Waals surface area contributed by atoms with Crippen molar-refractivity contribution in [1.82, 2.24) is 4.98 Å². The second kappa shape index (κ2) is 5.08. The molecule has 0 aliphatic heterocycles. The van der Waals surface area contributed by atoms with Crippen molar-refractivity contribution in [2.75, 3.05) is 0 Å². The highest BCUT2D eigenvalue weighted by atomic mass is 79.9. The Morgan fingerprint density at radius 1 is 1.07 bits per heavy atom. The van der Waals surface area contributed by atoms with Crippen LogP contribution in [-0.4, -0.2) is 4.98 Å². The van der Waals surface area contributed by atoms with E-state index in [2.05, 4.69) is 51.2 Å². The molecular formula is C13H12BrN. The summed E-state index contributed by atoms with van der Waals surface area (Å²) in [6.07, 6.45) is 4.70. The summed E-state index contributed by atoms with van der Waals surface area (Å²) < 4.78 is 0. The Kier molecular flexibility index (Phi) is 3.51. The van der Waals surface area contributed by atoms with Crippen molar-refractivity contribution in [1.29, 1.82) is 0 Å². The van der Waals surface area contributed by atoms with E-state index >= 15 is 0 Å². The number of aromatic nitrogens is 1. The summed E-state index contributed by atoms with van der Waals surface area (Å²) in [5.74, 6) is 0. The first kappa shape index (κ1) is 10.4. The van der Waals surface area contributed by atoms with Gasteiger partial charge in [-0.2, -0.15) is 0 Å². The first-order valence-corrected chi connectivity index (χ1v) is 5.86. The van der Waals surface area contributed by atoms with Crippen molar-refractivity contribution >= 4 is 15.9 Å². The summed E-state index contributed by atoms with van der Waals surface area (Å²) in [5.41, 5.74) is 2.56. The first-order chi connectivity index (χ1) is 7.36. The third-order valence-electron chi connectivity index (χ3n) is 2.30. The largest absolute Gasteiger partial charge is 0.264 e. The van der Waals surface area contributed by atoms with Gasteiger partial charge < -0.3 is 0 Å². The smallest absolute Gasteiger partial charge is 0.0450 e. The number of halogens is 1. The van der Waals surface area contributed by atoms with Crippen LogP contribution in [0, 0.1) is 0 Å². The number of nitrogens with zero attached hydrogens (tertiary/aromatic N) is 1. The first-order valence-electron chi connectivity index (χ1n) is 4.94. The van der Waals surface area contributed by atoms with E-state index in [4.69, 9.17) is 0 Å². The lowest BCUT2D eigenvalue weighted by atomic mass is 10.1. The fourth-order valence-electron chi connectivity index (χ4n) is 1.50. The van der Waals surface area contributed by atoms with Crippen molar-refractivity contribution < 1.29 is 0 Å². The lowest BCUT2D eigenvalue weighted by Crippen LogP contribution is -1.95. The molecule has 1 nitrogen and oxygen atoms in total. The number of pyridine rings is 1. The van der Waals surface area contributed by atoms with Crippen molar-refractivity contribution in [3.8, 4) is 0 Å². The van der Waals surface area contributed by atoms with E-state index in [1.54, 1.807) is 6.20 Å². The summed E-state index contributed by atoms with van der Waals surface area (Å²) >= 11 is 3.68. The molecule has 2 aromatic rings. The molecule has 15 heavy (non-hydrogen) atoms. The SMILES string of the molecule is BrC(Cc1ccccc1)c1cccnc1. The van der Waals surface area contributed by atoms with Crippen LogP contribution in [0.4, 0.5) is 0 Å². The number of hydrogen-bond acceptors (Lipinski definition) is 1. The summed E-state index contributed by atoms with van der Waals surface area (Å²) in [5, 5.41) is 0. The van der Waals surface area contributed by atoms with Crippen molar-refractivity contribution in [2.24, 2.45) is 0 Å². The van der Waals surface area contributed by atoms with Crippen LogP contribution in [0.25, 0.3) is 0 Å². The highest BCUT2D eigenvalue weighted by molar-refractivity contribution is 9.09. The second-order valence-corrected chi connectivity index (χ2v) is 4.55. The molecule has 0 saturated carbocycles. The predicted octanol–water partition coefficient (Wildman–Crippen LogP) is 3.76. The van der Waals surface area contributed by atoms with Gasteiger partial charge >= 0.3 is 0 Å². The van der Waals surface area contributed by atoms with Crippen molar-refractivity contribution in [3.05, 3.63) is 66.0 Å². The predicted molar refractivity (Wildman–Crippen MR) is 66.1 cm³/mol. The standard InChI is InChI=1S/C13H12BrN/c14-13(12-7-4-8-15-10-12)9-11-5-2-1-3-6-11/h1-8,10,13H,9H2. The molecule has 1 unspecified atom stereocenters. The summed E-state index contributed by atoms with van der Waals surface area (Å²) in [4.78, 5) is 4.46. The molecule has 0 N–H and O–H groups in total. The number of hydrogen-bond donors (Lipinski definition) is 0. The zero-order valence-electron chi connectivity index (χ0n) is 8.31. The van der Waals surface area contributed by atoms with Crippen LogP contribution in [0.5, 0.6) is 0 Å². The minimum absolute atomic E-state index is 0.341. The Morgan fingerprint density at radius 2 is 1.87 bits per heavy atom. The van der Waals surface area contributed by atoms with Gasteiger partial charge in [-0.25, -0.2) is 0 Å². The molecule has 0 aliphatic rings. The summed E-state index contributed by atoms with van der Waals surface area (Å²) in [7, 11) is 0. The second-order valence-electron chi connectivity index (χ2n) is 3.44. The highest BCUT2D eigenvalue weighted by Crippen LogP contribution is 2.25. The zero-order valence-corrected chi connectivity index (χ0v) is 9.89. The third-order valence-corrected chi connectivity index (χ3v) is 3.16. The Balaban J connectivity index is 2.08. The molecule has 0 radical (unpaired) electrons. The summed E-state index contributed by atoms with van der Waals surface area (Å²) in [6.45, 7) is 0. The number of benzene rings is 1. The van der Waals surface area contributed by atoms with E-state index in [0.29, 0.717) is 4.83 Å². The molecule has 0 amide bonds. The maximum absolute atomic E-state index is 4.12. The Hall–Kier alpha value is -1.15. The monoisotopic (exact) mass is 261 g/mol. The van der Waals surface area contributed by atoms with Crippen LogP contribution in [0.15, 0.2) is 54.9 Å². The molecule has 1 aromatic carbocycles. The van der Waals surface area contributed by atoms with Gasteiger partial charge in [0.2, 0.25) is 0 Å². The molecule has 0 aliphatic carbocycles. The van der Waals surface area contributed by atoms with E-state index in [0.717, 1.165) is 6.42 Å². The highest BCUT2D eigenvalue weighted by Gasteiger charge is 2.07. The molecule has 1 atom stereocenters.